The first kappa shape index (κ1) is 14.6. The van der Waals surface area contributed by atoms with Crippen LogP contribution in [-0.2, 0) is 9.59 Å². The number of hydrogen-bond donors (Lipinski definition) is 2. The zero-order valence-electron chi connectivity index (χ0n) is 10.9. The lowest BCUT2D eigenvalue weighted by Crippen LogP contribution is -2.38. The molecule has 2 rings (SSSR count). The van der Waals surface area contributed by atoms with Crippen LogP contribution in [-0.4, -0.2) is 17.0 Å². The minimum atomic E-state index is -1.08. The van der Waals surface area contributed by atoms with Crippen LogP contribution in [0.2, 0.25) is 5.02 Å². The van der Waals surface area contributed by atoms with Crippen molar-refractivity contribution in [1.82, 2.24) is 5.32 Å². The summed E-state index contributed by atoms with van der Waals surface area (Å²) in [6, 6.07) is 5.42. The van der Waals surface area contributed by atoms with Crippen molar-refractivity contribution >= 4 is 23.5 Å². The molecule has 0 heterocycles. The van der Waals surface area contributed by atoms with Crippen LogP contribution >= 0.6 is 11.6 Å². The third-order valence-corrected chi connectivity index (χ3v) is 3.63. The Morgan fingerprint density at radius 3 is 2.50 bits per heavy atom. The maximum atomic E-state index is 12.1. The lowest BCUT2D eigenvalue weighted by molar-refractivity contribution is -0.142. The molecule has 20 heavy (non-hydrogen) atoms. The van der Waals surface area contributed by atoms with Gasteiger partial charge < -0.3 is 10.4 Å². The average Bonchev–Trinajstić information content (AvgIpc) is 2.46. The fraction of sp³-hybridized carbons (Fsp3) is 0.333. The van der Waals surface area contributed by atoms with E-state index in [2.05, 4.69) is 5.32 Å². The molecule has 106 valence electrons. The molecular formula is C15H16ClNO3. The van der Waals surface area contributed by atoms with Crippen LogP contribution < -0.4 is 5.32 Å². The van der Waals surface area contributed by atoms with Gasteiger partial charge in [0.2, 0.25) is 5.91 Å². The van der Waals surface area contributed by atoms with Crippen LogP contribution in [0.25, 0.3) is 0 Å². The Bertz CT molecular complexity index is 524. The van der Waals surface area contributed by atoms with Crippen molar-refractivity contribution in [3.05, 3.63) is 47.0 Å². The molecule has 4 nitrogen and oxygen atoms in total. The molecule has 0 fully saturated rings. The molecule has 5 heteroatoms. The number of carbonyl (C=O) groups is 2. The van der Waals surface area contributed by atoms with E-state index in [4.69, 9.17) is 11.6 Å². The van der Waals surface area contributed by atoms with E-state index in [1.807, 2.05) is 12.2 Å². The summed E-state index contributed by atoms with van der Waals surface area (Å²) in [5, 5.41) is 12.4. The zero-order chi connectivity index (χ0) is 14.5. The summed E-state index contributed by atoms with van der Waals surface area (Å²) in [6.45, 7) is 0. The summed E-state index contributed by atoms with van der Waals surface area (Å²) >= 11 is 5.78. The predicted octanol–water partition coefficient (Wildman–Crippen LogP) is 2.94. The van der Waals surface area contributed by atoms with Gasteiger partial charge in [-0.1, -0.05) is 35.9 Å². The summed E-state index contributed by atoms with van der Waals surface area (Å²) in [5.41, 5.74) is 0.515. The second-order valence-corrected chi connectivity index (χ2v) is 5.25. The van der Waals surface area contributed by atoms with Crippen molar-refractivity contribution in [3.8, 4) is 0 Å². The molecule has 1 aromatic carbocycles. The number of rotatable bonds is 4. The molecule has 0 aliphatic heterocycles. The number of amides is 1. The Morgan fingerprint density at radius 1 is 1.25 bits per heavy atom. The van der Waals surface area contributed by atoms with Crippen LogP contribution in [0.3, 0.4) is 0 Å². The lowest BCUT2D eigenvalue weighted by Gasteiger charge is -2.21. The van der Waals surface area contributed by atoms with E-state index in [0.717, 1.165) is 12.8 Å². The van der Waals surface area contributed by atoms with Crippen molar-refractivity contribution in [1.29, 1.82) is 0 Å². The number of carbonyl (C=O) groups excluding carboxylic acids is 1. The Balaban J connectivity index is 2.09. The van der Waals surface area contributed by atoms with E-state index in [1.165, 1.54) is 0 Å². The first-order chi connectivity index (χ1) is 9.58. The maximum Gasteiger partial charge on any atom is 0.330 e. The van der Waals surface area contributed by atoms with Crippen molar-refractivity contribution in [2.24, 2.45) is 5.92 Å². The number of nitrogens with one attached hydrogen (secondary N) is 1. The number of carboxylic acid groups (broad SMARTS) is 1. The number of halogens is 1. The van der Waals surface area contributed by atoms with Crippen LogP contribution in [0.15, 0.2) is 36.4 Å². The van der Waals surface area contributed by atoms with Crippen LogP contribution in [0.4, 0.5) is 0 Å². The minimum Gasteiger partial charge on any atom is -0.479 e. The van der Waals surface area contributed by atoms with Gasteiger partial charge in [-0.3, -0.25) is 4.79 Å². The second kappa shape index (κ2) is 6.57. The SMILES string of the molecule is O=C(NC(C(=O)O)c1ccc(Cl)cc1)C1CC=CCC1. The third-order valence-electron chi connectivity index (χ3n) is 3.38. The second-order valence-electron chi connectivity index (χ2n) is 4.81. The van der Waals surface area contributed by atoms with Crippen LogP contribution in [0.5, 0.6) is 0 Å². The van der Waals surface area contributed by atoms with Crippen LogP contribution in [0.1, 0.15) is 30.9 Å². The van der Waals surface area contributed by atoms with Gasteiger partial charge in [-0.25, -0.2) is 4.79 Å². The first-order valence-electron chi connectivity index (χ1n) is 6.51. The number of hydrogen-bond acceptors (Lipinski definition) is 2. The molecule has 2 unspecified atom stereocenters. The van der Waals surface area contributed by atoms with Gasteiger partial charge in [0, 0.05) is 10.9 Å². The van der Waals surface area contributed by atoms with E-state index >= 15 is 0 Å². The number of benzene rings is 1. The van der Waals surface area contributed by atoms with E-state index in [0.29, 0.717) is 17.0 Å². The largest absolute Gasteiger partial charge is 0.479 e. The van der Waals surface area contributed by atoms with Crippen molar-refractivity contribution in [2.75, 3.05) is 0 Å². The summed E-state index contributed by atoms with van der Waals surface area (Å²) in [5.74, 6) is -1.43. The molecular weight excluding hydrogens is 278 g/mol. The molecule has 1 aromatic rings. The molecule has 0 saturated heterocycles. The summed E-state index contributed by atoms with van der Waals surface area (Å²) < 4.78 is 0. The number of carboxylic acids is 1. The van der Waals surface area contributed by atoms with Gasteiger partial charge in [-0.15, -0.1) is 0 Å². The molecule has 0 radical (unpaired) electrons. The molecule has 1 amide bonds. The van der Waals surface area contributed by atoms with Gasteiger partial charge in [0.05, 0.1) is 0 Å². The highest BCUT2D eigenvalue weighted by molar-refractivity contribution is 6.30. The van der Waals surface area contributed by atoms with Crippen molar-refractivity contribution in [3.63, 3.8) is 0 Å². The first-order valence-corrected chi connectivity index (χ1v) is 6.89. The molecule has 1 aliphatic carbocycles. The summed E-state index contributed by atoms with van der Waals surface area (Å²) in [6.07, 6.45) is 6.29. The molecule has 0 aromatic heterocycles. The highest BCUT2D eigenvalue weighted by Gasteiger charge is 2.26. The van der Waals surface area contributed by atoms with E-state index in [9.17, 15) is 14.7 Å². The standard InChI is InChI=1S/C15H16ClNO3/c16-12-8-6-10(7-9-12)13(15(19)20)17-14(18)11-4-2-1-3-5-11/h1-2,6-9,11,13H,3-5H2,(H,17,18)(H,19,20). The minimum absolute atomic E-state index is 0.144. The van der Waals surface area contributed by atoms with Gasteiger partial charge in [0.25, 0.3) is 0 Å². The normalized spacial score (nSPS) is 19.4. The molecule has 2 N–H and O–H groups in total. The van der Waals surface area contributed by atoms with Gasteiger partial charge >= 0.3 is 5.97 Å². The quantitative estimate of drug-likeness (QED) is 0.839. The maximum absolute atomic E-state index is 12.1. The van der Waals surface area contributed by atoms with Gasteiger partial charge in [0.1, 0.15) is 0 Å². The van der Waals surface area contributed by atoms with E-state index in [-0.39, 0.29) is 11.8 Å². The molecule has 1 aliphatic rings. The molecule has 2 atom stereocenters. The zero-order valence-corrected chi connectivity index (χ0v) is 11.6. The number of aliphatic carboxylic acids is 1. The fourth-order valence-corrected chi connectivity index (χ4v) is 2.36. The Hall–Kier alpha value is -1.81. The van der Waals surface area contributed by atoms with E-state index in [1.54, 1.807) is 24.3 Å². The van der Waals surface area contributed by atoms with Gasteiger partial charge in [0.15, 0.2) is 6.04 Å². The van der Waals surface area contributed by atoms with Crippen LogP contribution in [0, 0.1) is 5.92 Å². The van der Waals surface area contributed by atoms with Crippen molar-refractivity contribution < 1.29 is 14.7 Å². The highest BCUT2D eigenvalue weighted by Crippen LogP contribution is 2.21. The van der Waals surface area contributed by atoms with Gasteiger partial charge in [-0.05, 0) is 37.0 Å². The van der Waals surface area contributed by atoms with Gasteiger partial charge in [-0.2, -0.15) is 0 Å². The Labute approximate surface area is 122 Å². The predicted molar refractivity (Wildman–Crippen MR) is 76.5 cm³/mol. The topological polar surface area (TPSA) is 66.4 Å². The fourth-order valence-electron chi connectivity index (χ4n) is 2.23. The molecule has 0 bridgehead atoms. The Kier molecular flexibility index (Phi) is 4.79. The van der Waals surface area contributed by atoms with Crippen molar-refractivity contribution in [2.45, 2.75) is 25.3 Å². The van der Waals surface area contributed by atoms with E-state index < -0.39 is 12.0 Å². The smallest absolute Gasteiger partial charge is 0.330 e. The summed E-state index contributed by atoms with van der Waals surface area (Å²) in [4.78, 5) is 23.5. The Morgan fingerprint density at radius 2 is 1.95 bits per heavy atom. The lowest BCUT2D eigenvalue weighted by atomic mass is 9.93. The molecule has 0 spiro atoms. The number of allylic oxidation sites excluding steroid dienone is 2. The average molecular weight is 294 g/mol. The monoisotopic (exact) mass is 293 g/mol. The molecule has 0 saturated carbocycles. The summed E-state index contributed by atoms with van der Waals surface area (Å²) in [7, 11) is 0. The third kappa shape index (κ3) is 3.61. The highest BCUT2D eigenvalue weighted by atomic mass is 35.5.